The fourth-order valence-corrected chi connectivity index (χ4v) is 1.35. The van der Waals surface area contributed by atoms with E-state index in [2.05, 4.69) is 0 Å². The molecule has 0 amide bonds. The molecular weight excluding hydrogens is 259 g/mol. The lowest BCUT2D eigenvalue weighted by Crippen LogP contribution is -2.28. The number of hydrogen-bond acceptors (Lipinski definition) is 3. The standard InChI is InChI=1S/C16H23FO3/c1-7-16(5,6)14(18)19-11-8-9-13(12(17)10-11)20-15(2,3)4/h8-10H,7H2,1-6H3. The molecule has 0 N–H and O–H groups in total. The van der Waals surface area contributed by atoms with Crippen molar-refractivity contribution in [1.82, 2.24) is 0 Å². The van der Waals surface area contributed by atoms with E-state index in [-0.39, 0.29) is 17.5 Å². The van der Waals surface area contributed by atoms with Crippen molar-refractivity contribution in [3.8, 4) is 11.5 Å². The molecule has 0 aliphatic carbocycles. The summed E-state index contributed by atoms with van der Waals surface area (Å²) in [6.45, 7) is 11.0. The maximum Gasteiger partial charge on any atom is 0.316 e. The monoisotopic (exact) mass is 282 g/mol. The van der Waals surface area contributed by atoms with Crippen LogP contribution in [0.25, 0.3) is 0 Å². The van der Waals surface area contributed by atoms with Crippen molar-refractivity contribution in [1.29, 1.82) is 0 Å². The van der Waals surface area contributed by atoms with Gasteiger partial charge in [0, 0.05) is 6.07 Å². The highest BCUT2D eigenvalue weighted by Gasteiger charge is 2.28. The summed E-state index contributed by atoms with van der Waals surface area (Å²) in [5.74, 6) is -0.578. The van der Waals surface area contributed by atoms with E-state index >= 15 is 0 Å². The first kappa shape index (κ1) is 16.5. The summed E-state index contributed by atoms with van der Waals surface area (Å²) in [7, 11) is 0. The first-order chi connectivity index (χ1) is 9.05. The third-order valence-corrected chi connectivity index (χ3v) is 2.97. The zero-order chi connectivity index (χ0) is 15.6. The van der Waals surface area contributed by atoms with Gasteiger partial charge < -0.3 is 9.47 Å². The second-order valence-corrected chi connectivity index (χ2v) is 6.43. The highest BCUT2D eigenvalue weighted by molar-refractivity contribution is 5.78. The molecule has 0 fully saturated rings. The third-order valence-electron chi connectivity index (χ3n) is 2.97. The largest absolute Gasteiger partial charge is 0.485 e. The molecule has 0 heterocycles. The van der Waals surface area contributed by atoms with Crippen LogP contribution in [0.5, 0.6) is 11.5 Å². The van der Waals surface area contributed by atoms with Gasteiger partial charge >= 0.3 is 5.97 Å². The summed E-state index contributed by atoms with van der Waals surface area (Å²) in [5.41, 5.74) is -1.07. The second-order valence-electron chi connectivity index (χ2n) is 6.43. The number of rotatable bonds is 4. The molecule has 1 aromatic carbocycles. The number of benzene rings is 1. The van der Waals surface area contributed by atoms with Crippen molar-refractivity contribution in [2.75, 3.05) is 0 Å². The maximum atomic E-state index is 13.9. The predicted molar refractivity (Wildman–Crippen MR) is 76.5 cm³/mol. The average Bonchev–Trinajstić information content (AvgIpc) is 2.31. The van der Waals surface area contributed by atoms with Crippen LogP contribution in [0, 0.1) is 11.2 Å². The van der Waals surface area contributed by atoms with Crippen LogP contribution in [0.1, 0.15) is 48.0 Å². The van der Waals surface area contributed by atoms with Gasteiger partial charge in [-0.15, -0.1) is 0 Å². The van der Waals surface area contributed by atoms with Gasteiger partial charge in [0.05, 0.1) is 5.41 Å². The minimum absolute atomic E-state index is 0.145. The van der Waals surface area contributed by atoms with E-state index in [1.165, 1.54) is 18.2 Å². The Balaban J connectivity index is 2.86. The SMILES string of the molecule is CCC(C)(C)C(=O)Oc1ccc(OC(C)(C)C)c(F)c1. The highest BCUT2D eigenvalue weighted by Crippen LogP contribution is 2.28. The zero-order valence-corrected chi connectivity index (χ0v) is 13.0. The van der Waals surface area contributed by atoms with Crippen LogP contribution >= 0.6 is 0 Å². The van der Waals surface area contributed by atoms with Crippen molar-refractivity contribution in [2.45, 2.75) is 53.6 Å². The van der Waals surface area contributed by atoms with Crippen LogP contribution in [0.4, 0.5) is 4.39 Å². The zero-order valence-electron chi connectivity index (χ0n) is 13.0. The summed E-state index contributed by atoms with van der Waals surface area (Å²) in [6, 6.07) is 4.18. The van der Waals surface area contributed by atoms with E-state index in [0.29, 0.717) is 6.42 Å². The molecule has 0 radical (unpaired) electrons. The minimum atomic E-state index is -0.586. The van der Waals surface area contributed by atoms with E-state index in [4.69, 9.17) is 9.47 Å². The molecule has 3 nitrogen and oxygen atoms in total. The molecule has 0 atom stereocenters. The predicted octanol–water partition coefficient (Wildman–Crippen LogP) is 4.34. The van der Waals surface area contributed by atoms with Gasteiger partial charge in [0.1, 0.15) is 11.4 Å². The van der Waals surface area contributed by atoms with E-state index in [1.807, 2.05) is 27.7 Å². The first-order valence-electron chi connectivity index (χ1n) is 6.76. The smallest absolute Gasteiger partial charge is 0.316 e. The summed E-state index contributed by atoms with van der Waals surface area (Å²) in [6.07, 6.45) is 0.652. The van der Waals surface area contributed by atoms with Crippen molar-refractivity contribution < 1.29 is 18.7 Å². The molecule has 20 heavy (non-hydrogen) atoms. The molecule has 4 heteroatoms. The van der Waals surface area contributed by atoms with Gasteiger partial charge in [-0.2, -0.15) is 0 Å². The lowest BCUT2D eigenvalue weighted by molar-refractivity contribution is -0.144. The fraction of sp³-hybridized carbons (Fsp3) is 0.562. The Morgan fingerprint density at radius 3 is 2.25 bits per heavy atom. The van der Waals surface area contributed by atoms with Crippen LogP contribution in [0.3, 0.4) is 0 Å². The van der Waals surface area contributed by atoms with Gasteiger partial charge in [0.2, 0.25) is 0 Å². The van der Waals surface area contributed by atoms with Crippen LogP contribution in [0.15, 0.2) is 18.2 Å². The average molecular weight is 282 g/mol. The first-order valence-corrected chi connectivity index (χ1v) is 6.76. The van der Waals surface area contributed by atoms with Crippen molar-refractivity contribution in [2.24, 2.45) is 5.41 Å². The molecular formula is C16H23FO3. The molecule has 0 unspecified atom stereocenters. The molecule has 0 aliphatic heterocycles. The van der Waals surface area contributed by atoms with Gasteiger partial charge in [-0.05, 0) is 53.2 Å². The van der Waals surface area contributed by atoms with Gasteiger partial charge in [0.25, 0.3) is 0 Å². The Kier molecular flexibility index (Phi) is 4.79. The Morgan fingerprint density at radius 2 is 1.80 bits per heavy atom. The number of hydrogen-bond donors (Lipinski definition) is 0. The Bertz CT molecular complexity index is 487. The molecule has 0 saturated carbocycles. The minimum Gasteiger partial charge on any atom is -0.485 e. The summed E-state index contributed by atoms with van der Waals surface area (Å²) < 4.78 is 24.6. The van der Waals surface area contributed by atoms with Gasteiger partial charge in [-0.25, -0.2) is 4.39 Å². The van der Waals surface area contributed by atoms with Crippen LogP contribution in [-0.4, -0.2) is 11.6 Å². The van der Waals surface area contributed by atoms with Gasteiger partial charge in [0.15, 0.2) is 11.6 Å². The molecule has 0 saturated heterocycles. The molecule has 0 aliphatic rings. The quantitative estimate of drug-likeness (QED) is 0.608. The van der Waals surface area contributed by atoms with E-state index in [0.717, 1.165) is 0 Å². The van der Waals surface area contributed by atoms with Crippen molar-refractivity contribution in [3.05, 3.63) is 24.0 Å². The molecule has 0 bridgehead atoms. The Labute approximate surface area is 120 Å². The topological polar surface area (TPSA) is 35.5 Å². The number of carbonyl (C=O) groups is 1. The number of esters is 1. The molecule has 0 aromatic heterocycles. The lowest BCUT2D eigenvalue weighted by Gasteiger charge is -2.22. The summed E-state index contributed by atoms with van der Waals surface area (Å²) >= 11 is 0. The van der Waals surface area contributed by atoms with E-state index in [1.54, 1.807) is 13.8 Å². The lowest BCUT2D eigenvalue weighted by atomic mass is 9.91. The van der Waals surface area contributed by atoms with Crippen LogP contribution < -0.4 is 9.47 Å². The fourth-order valence-electron chi connectivity index (χ4n) is 1.35. The van der Waals surface area contributed by atoms with E-state index < -0.39 is 16.8 Å². The molecule has 112 valence electrons. The van der Waals surface area contributed by atoms with Crippen LogP contribution in [-0.2, 0) is 4.79 Å². The second kappa shape index (κ2) is 5.81. The number of ether oxygens (including phenoxy) is 2. The molecule has 1 rings (SSSR count). The molecule has 1 aromatic rings. The number of halogens is 1. The third kappa shape index (κ3) is 4.51. The maximum absolute atomic E-state index is 13.9. The van der Waals surface area contributed by atoms with Crippen molar-refractivity contribution in [3.63, 3.8) is 0 Å². The molecule has 0 spiro atoms. The van der Waals surface area contributed by atoms with Crippen molar-refractivity contribution >= 4 is 5.97 Å². The number of carbonyl (C=O) groups excluding carboxylic acids is 1. The normalized spacial score (nSPS) is 12.2. The Hall–Kier alpha value is -1.58. The summed E-state index contributed by atoms with van der Waals surface area (Å²) in [4.78, 5) is 11.9. The van der Waals surface area contributed by atoms with Gasteiger partial charge in [-0.3, -0.25) is 4.79 Å². The highest BCUT2D eigenvalue weighted by atomic mass is 19.1. The van der Waals surface area contributed by atoms with E-state index in [9.17, 15) is 9.18 Å². The van der Waals surface area contributed by atoms with Gasteiger partial charge in [-0.1, -0.05) is 6.92 Å². The Morgan fingerprint density at radius 1 is 1.20 bits per heavy atom. The summed E-state index contributed by atoms with van der Waals surface area (Å²) in [5, 5.41) is 0. The van der Waals surface area contributed by atoms with Crippen LogP contribution in [0.2, 0.25) is 0 Å².